The molecule has 0 atom stereocenters. The SMILES string of the molecule is C#CCN(CC(=O)O)Cc1cc(-c2ccco2)on1. The van der Waals surface area contributed by atoms with Gasteiger partial charge in [0, 0.05) is 12.6 Å². The van der Waals surface area contributed by atoms with Crippen LogP contribution < -0.4 is 0 Å². The van der Waals surface area contributed by atoms with E-state index in [4.69, 9.17) is 20.5 Å². The zero-order chi connectivity index (χ0) is 13.7. The van der Waals surface area contributed by atoms with Crippen molar-refractivity contribution in [3.8, 4) is 23.9 Å². The van der Waals surface area contributed by atoms with Crippen LogP contribution in [0.3, 0.4) is 0 Å². The van der Waals surface area contributed by atoms with Crippen molar-refractivity contribution in [2.24, 2.45) is 0 Å². The fourth-order valence-electron chi connectivity index (χ4n) is 1.64. The minimum atomic E-state index is -0.940. The third kappa shape index (κ3) is 3.47. The largest absolute Gasteiger partial charge is 0.480 e. The second-order valence-corrected chi connectivity index (χ2v) is 3.90. The van der Waals surface area contributed by atoms with Crippen LogP contribution in [-0.4, -0.2) is 34.2 Å². The molecule has 0 bridgehead atoms. The molecule has 6 nitrogen and oxygen atoms in total. The van der Waals surface area contributed by atoms with Crippen molar-refractivity contribution < 1.29 is 18.8 Å². The number of terminal acetylenes is 1. The monoisotopic (exact) mass is 260 g/mol. The van der Waals surface area contributed by atoms with Crippen molar-refractivity contribution in [1.29, 1.82) is 0 Å². The van der Waals surface area contributed by atoms with Gasteiger partial charge in [0.2, 0.25) is 5.76 Å². The smallest absolute Gasteiger partial charge is 0.317 e. The highest BCUT2D eigenvalue weighted by Crippen LogP contribution is 2.20. The number of rotatable bonds is 6. The molecule has 2 rings (SSSR count). The molecule has 0 radical (unpaired) electrons. The summed E-state index contributed by atoms with van der Waals surface area (Å²) >= 11 is 0. The van der Waals surface area contributed by atoms with Gasteiger partial charge in [0.15, 0.2) is 5.76 Å². The molecule has 0 aliphatic heterocycles. The van der Waals surface area contributed by atoms with Crippen LogP contribution in [0.4, 0.5) is 0 Å². The van der Waals surface area contributed by atoms with Crippen LogP contribution in [0, 0.1) is 12.3 Å². The molecule has 1 N–H and O–H groups in total. The van der Waals surface area contributed by atoms with E-state index in [1.807, 2.05) is 0 Å². The fourth-order valence-corrected chi connectivity index (χ4v) is 1.64. The number of hydrogen-bond donors (Lipinski definition) is 1. The fraction of sp³-hybridized carbons (Fsp3) is 0.231. The Labute approximate surface area is 109 Å². The molecule has 0 saturated heterocycles. The van der Waals surface area contributed by atoms with E-state index in [1.165, 1.54) is 6.26 Å². The summed E-state index contributed by atoms with van der Waals surface area (Å²) in [6.07, 6.45) is 6.73. The van der Waals surface area contributed by atoms with Crippen LogP contribution in [0.1, 0.15) is 5.69 Å². The Morgan fingerprint density at radius 3 is 3.00 bits per heavy atom. The van der Waals surface area contributed by atoms with Crippen molar-refractivity contribution >= 4 is 5.97 Å². The Kier molecular flexibility index (Phi) is 4.00. The quantitative estimate of drug-likeness (QED) is 0.792. The number of nitrogens with zero attached hydrogens (tertiary/aromatic N) is 2. The predicted molar refractivity (Wildman–Crippen MR) is 66.0 cm³/mol. The van der Waals surface area contributed by atoms with Gasteiger partial charge in [-0.1, -0.05) is 11.1 Å². The summed E-state index contributed by atoms with van der Waals surface area (Å²) in [6, 6.07) is 5.19. The maximum Gasteiger partial charge on any atom is 0.317 e. The van der Waals surface area contributed by atoms with Gasteiger partial charge in [0.05, 0.1) is 25.0 Å². The van der Waals surface area contributed by atoms with Gasteiger partial charge in [-0.05, 0) is 12.1 Å². The molecule has 2 aromatic rings. The highest BCUT2D eigenvalue weighted by atomic mass is 16.5. The standard InChI is InChI=1S/C13H12N2O4/c1-2-5-15(9-13(16)17)8-10-7-12(19-14-10)11-4-3-6-18-11/h1,3-4,6-7H,5,8-9H2,(H,16,17). The van der Waals surface area contributed by atoms with E-state index in [-0.39, 0.29) is 13.1 Å². The van der Waals surface area contributed by atoms with Crippen molar-refractivity contribution in [3.63, 3.8) is 0 Å². The molecule has 0 fully saturated rings. The van der Waals surface area contributed by atoms with Crippen molar-refractivity contribution in [2.45, 2.75) is 6.54 Å². The van der Waals surface area contributed by atoms with Crippen LogP contribution in [0.5, 0.6) is 0 Å². The molecule has 19 heavy (non-hydrogen) atoms. The summed E-state index contributed by atoms with van der Waals surface area (Å²) in [5.74, 6) is 2.54. The molecule has 98 valence electrons. The van der Waals surface area contributed by atoms with Crippen molar-refractivity contribution in [1.82, 2.24) is 10.1 Å². The average Bonchev–Trinajstić information content (AvgIpc) is 2.97. The molecule has 6 heteroatoms. The summed E-state index contributed by atoms with van der Waals surface area (Å²) in [7, 11) is 0. The van der Waals surface area contributed by atoms with Crippen molar-refractivity contribution in [3.05, 3.63) is 30.2 Å². The molecule has 2 heterocycles. The van der Waals surface area contributed by atoms with Gasteiger partial charge >= 0.3 is 5.97 Å². The molecule has 0 unspecified atom stereocenters. The summed E-state index contributed by atoms with van der Waals surface area (Å²) in [5.41, 5.74) is 0.600. The molecular formula is C13H12N2O4. The van der Waals surface area contributed by atoms with Crippen LogP contribution in [0.25, 0.3) is 11.5 Å². The van der Waals surface area contributed by atoms with Gasteiger partial charge < -0.3 is 14.0 Å². The number of furan rings is 1. The minimum absolute atomic E-state index is 0.146. The molecular weight excluding hydrogens is 248 g/mol. The lowest BCUT2D eigenvalue weighted by molar-refractivity contribution is -0.138. The van der Waals surface area contributed by atoms with E-state index in [2.05, 4.69) is 11.1 Å². The minimum Gasteiger partial charge on any atom is -0.480 e. The predicted octanol–water partition coefficient (Wildman–Crippen LogP) is 1.45. The van der Waals surface area contributed by atoms with Crippen LogP contribution in [0.2, 0.25) is 0 Å². The Morgan fingerprint density at radius 1 is 1.53 bits per heavy atom. The highest BCUT2D eigenvalue weighted by Gasteiger charge is 2.14. The van der Waals surface area contributed by atoms with E-state index < -0.39 is 5.97 Å². The number of carboxylic acids is 1. The number of hydrogen-bond acceptors (Lipinski definition) is 5. The van der Waals surface area contributed by atoms with Gasteiger partial charge in [0.25, 0.3) is 0 Å². The van der Waals surface area contributed by atoms with Crippen LogP contribution >= 0.6 is 0 Å². The first kappa shape index (κ1) is 12.9. The lowest BCUT2D eigenvalue weighted by Crippen LogP contribution is -2.29. The molecule has 0 aliphatic rings. The number of carboxylic acid groups (broad SMARTS) is 1. The summed E-state index contributed by atoms with van der Waals surface area (Å²) in [5, 5.41) is 12.6. The van der Waals surface area contributed by atoms with Crippen LogP contribution in [0.15, 0.2) is 33.4 Å². The van der Waals surface area contributed by atoms with Gasteiger partial charge in [-0.2, -0.15) is 0 Å². The third-order valence-corrected chi connectivity index (χ3v) is 2.38. The van der Waals surface area contributed by atoms with Crippen LogP contribution in [-0.2, 0) is 11.3 Å². The molecule has 0 saturated carbocycles. The van der Waals surface area contributed by atoms with E-state index in [9.17, 15) is 4.79 Å². The summed E-state index contributed by atoms with van der Waals surface area (Å²) in [4.78, 5) is 12.3. The van der Waals surface area contributed by atoms with E-state index >= 15 is 0 Å². The first-order valence-electron chi connectivity index (χ1n) is 5.56. The number of aromatic nitrogens is 1. The second-order valence-electron chi connectivity index (χ2n) is 3.90. The number of aliphatic carboxylic acids is 1. The van der Waals surface area contributed by atoms with Gasteiger partial charge in [-0.3, -0.25) is 9.69 Å². The second kappa shape index (κ2) is 5.89. The van der Waals surface area contributed by atoms with Gasteiger partial charge in [0.1, 0.15) is 0 Å². The molecule has 0 spiro atoms. The van der Waals surface area contributed by atoms with Gasteiger partial charge in [-0.15, -0.1) is 6.42 Å². The normalized spacial score (nSPS) is 10.5. The lowest BCUT2D eigenvalue weighted by Gasteiger charge is -2.14. The summed E-state index contributed by atoms with van der Waals surface area (Å²) in [6.45, 7) is 0.392. The lowest BCUT2D eigenvalue weighted by atomic mass is 10.3. The van der Waals surface area contributed by atoms with Crippen molar-refractivity contribution in [2.75, 3.05) is 13.1 Å². The molecule has 2 aromatic heterocycles. The summed E-state index contributed by atoms with van der Waals surface area (Å²) < 4.78 is 10.3. The molecule has 0 amide bonds. The average molecular weight is 260 g/mol. The van der Waals surface area contributed by atoms with E-state index in [1.54, 1.807) is 23.1 Å². The Hall–Kier alpha value is -2.52. The Bertz CT molecular complexity index is 580. The molecule has 0 aromatic carbocycles. The van der Waals surface area contributed by atoms with Gasteiger partial charge in [-0.25, -0.2) is 0 Å². The van der Waals surface area contributed by atoms with E-state index in [0.717, 1.165) is 0 Å². The Morgan fingerprint density at radius 2 is 2.37 bits per heavy atom. The Balaban J connectivity index is 2.06. The first-order valence-corrected chi connectivity index (χ1v) is 5.56. The zero-order valence-electron chi connectivity index (χ0n) is 10.1. The number of carbonyl (C=O) groups is 1. The van der Waals surface area contributed by atoms with E-state index in [0.29, 0.717) is 23.8 Å². The molecule has 0 aliphatic carbocycles. The zero-order valence-corrected chi connectivity index (χ0v) is 10.1. The first-order chi connectivity index (χ1) is 9.19. The third-order valence-electron chi connectivity index (χ3n) is 2.38. The maximum absolute atomic E-state index is 10.7. The highest BCUT2D eigenvalue weighted by molar-refractivity contribution is 5.69. The maximum atomic E-state index is 10.7. The topological polar surface area (TPSA) is 79.7 Å².